The number of anilines is 1. The first-order chi connectivity index (χ1) is 9.49. The standard InChI is InChI=1S/C14H25N5O/c1-5-10-8-19(11(6-2)7-16-10)14-12(13(15)20)9(3)17-18(14)4/h10-11,16H,5-8H2,1-4H3,(H2,15,20). The molecule has 1 fully saturated rings. The van der Waals surface area contributed by atoms with Crippen LogP contribution < -0.4 is 16.0 Å². The van der Waals surface area contributed by atoms with Crippen LogP contribution in [0.2, 0.25) is 0 Å². The average Bonchev–Trinajstić information content (AvgIpc) is 2.72. The van der Waals surface area contributed by atoms with Gasteiger partial charge in [0.2, 0.25) is 0 Å². The van der Waals surface area contributed by atoms with Gasteiger partial charge in [-0.05, 0) is 19.8 Å². The summed E-state index contributed by atoms with van der Waals surface area (Å²) < 4.78 is 1.79. The number of aryl methyl sites for hydroxylation is 2. The Morgan fingerprint density at radius 1 is 1.45 bits per heavy atom. The quantitative estimate of drug-likeness (QED) is 0.854. The van der Waals surface area contributed by atoms with Crippen LogP contribution in [0.25, 0.3) is 0 Å². The molecular weight excluding hydrogens is 254 g/mol. The van der Waals surface area contributed by atoms with Gasteiger partial charge in [0.1, 0.15) is 11.4 Å². The summed E-state index contributed by atoms with van der Waals surface area (Å²) in [5.74, 6) is 0.467. The van der Waals surface area contributed by atoms with Crippen molar-refractivity contribution >= 4 is 11.7 Å². The highest BCUT2D eigenvalue weighted by molar-refractivity contribution is 5.99. The molecule has 1 aromatic rings. The van der Waals surface area contributed by atoms with Crippen molar-refractivity contribution in [2.45, 2.75) is 45.7 Å². The molecule has 2 heterocycles. The molecule has 1 saturated heterocycles. The normalized spacial score (nSPS) is 23.1. The lowest BCUT2D eigenvalue weighted by atomic mass is 10.0. The Bertz CT molecular complexity index is 496. The topological polar surface area (TPSA) is 76.2 Å². The van der Waals surface area contributed by atoms with Crippen molar-refractivity contribution in [1.82, 2.24) is 15.1 Å². The van der Waals surface area contributed by atoms with E-state index in [4.69, 9.17) is 5.73 Å². The first kappa shape index (κ1) is 14.8. The Hall–Kier alpha value is -1.56. The Balaban J connectivity index is 2.44. The molecule has 6 nitrogen and oxygen atoms in total. The SMILES string of the molecule is CCC1CN(c2c(C(N)=O)c(C)nn2C)C(CC)CN1. The summed E-state index contributed by atoms with van der Waals surface area (Å²) in [6, 6.07) is 0.805. The maximum Gasteiger partial charge on any atom is 0.254 e. The van der Waals surface area contributed by atoms with Gasteiger partial charge < -0.3 is 16.0 Å². The van der Waals surface area contributed by atoms with Crippen molar-refractivity contribution < 1.29 is 4.79 Å². The predicted molar refractivity (Wildman–Crippen MR) is 80.0 cm³/mol. The number of nitrogens with one attached hydrogen (secondary N) is 1. The van der Waals surface area contributed by atoms with Crippen LogP contribution >= 0.6 is 0 Å². The summed E-state index contributed by atoms with van der Waals surface area (Å²) in [4.78, 5) is 14.1. The fraction of sp³-hybridized carbons (Fsp3) is 0.714. The zero-order valence-electron chi connectivity index (χ0n) is 12.8. The number of primary amides is 1. The lowest BCUT2D eigenvalue weighted by Gasteiger charge is -2.41. The first-order valence-corrected chi connectivity index (χ1v) is 7.32. The van der Waals surface area contributed by atoms with Crippen LogP contribution in [0.3, 0.4) is 0 Å². The summed E-state index contributed by atoms with van der Waals surface area (Å²) >= 11 is 0. The molecule has 1 aliphatic heterocycles. The molecule has 2 atom stereocenters. The molecule has 20 heavy (non-hydrogen) atoms. The van der Waals surface area contributed by atoms with E-state index >= 15 is 0 Å². The van der Waals surface area contributed by atoms with E-state index in [1.165, 1.54) is 0 Å². The van der Waals surface area contributed by atoms with Gasteiger partial charge in [0.15, 0.2) is 0 Å². The second-order valence-electron chi connectivity index (χ2n) is 5.50. The first-order valence-electron chi connectivity index (χ1n) is 7.32. The Kier molecular flexibility index (Phi) is 4.32. The van der Waals surface area contributed by atoms with E-state index in [1.807, 2.05) is 14.0 Å². The van der Waals surface area contributed by atoms with E-state index in [0.29, 0.717) is 23.3 Å². The van der Waals surface area contributed by atoms with Crippen LogP contribution in [-0.2, 0) is 7.05 Å². The molecule has 1 amide bonds. The van der Waals surface area contributed by atoms with Gasteiger partial charge in [-0.25, -0.2) is 0 Å². The molecule has 112 valence electrons. The Morgan fingerprint density at radius 3 is 2.70 bits per heavy atom. The molecule has 0 aromatic carbocycles. The van der Waals surface area contributed by atoms with Crippen molar-refractivity contribution in [2.75, 3.05) is 18.0 Å². The molecule has 0 bridgehead atoms. The number of hydrogen-bond donors (Lipinski definition) is 2. The monoisotopic (exact) mass is 279 g/mol. The van der Waals surface area contributed by atoms with E-state index < -0.39 is 5.91 Å². The molecule has 0 saturated carbocycles. The third kappa shape index (κ3) is 2.52. The zero-order valence-corrected chi connectivity index (χ0v) is 12.8. The number of amides is 1. The maximum absolute atomic E-state index is 11.8. The van der Waals surface area contributed by atoms with E-state index in [9.17, 15) is 4.79 Å². The van der Waals surface area contributed by atoms with Gasteiger partial charge >= 0.3 is 0 Å². The molecule has 2 rings (SSSR count). The second-order valence-corrected chi connectivity index (χ2v) is 5.50. The minimum absolute atomic E-state index is 0.366. The molecule has 0 radical (unpaired) electrons. The zero-order chi connectivity index (χ0) is 14.9. The highest BCUT2D eigenvalue weighted by Gasteiger charge is 2.31. The van der Waals surface area contributed by atoms with Crippen molar-refractivity contribution in [3.8, 4) is 0 Å². The number of carbonyl (C=O) groups is 1. The molecule has 1 aliphatic rings. The van der Waals surface area contributed by atoms with Crippen LogP contribution in [0.1, 0.15) is 42.7 Å². The maximum atomic E-state index is 11.8. The third-order valence-corrected chi connectivity index (χ3v) is 4.17. The van der Waals surface area contributed by atoms with Crippen LogP contribution in [0.5, 0.6) is 0 Å². The summed E-state index contributed by atoms with van der Waals surface area (Å²) in [5, 5.41) is 7.94. The number of nitrogens with two attached hydrogens (primary N) is 1. The Labute approximate surface area is 120 Å². The van der Waals surface area contributed by atoms with Gasteiger partial charge in [0.05, 0.1) is 5.69 Å². The van der Waals surface area contributed by atoms with Crippen LogP contribution in [0, 0.1) is 6.92 Å². The van der Waals surface area contributed by atoms with E-state index in [-0.39, 0.29) is 0 Å². The summed E-state index contributed by atoms with van der Waals surface area (Å²) in [5.41, 5.74) is 6.82. The van der Waals surface area contributed by atoms with E-state index in [0.717, 1.165) is 31.7 Å². The number of rotatable bonds is 4. The predicted octanol–water partition coefficient (Wildman–Crippen LogP) is 0.794. The molecule has 3 N–H and O–H groups in total. The third-order valence-electron chi connectivity index (χ3n) is 4.17. The van der Waals surface area contributed by atoms with E-state index in [2.05, 4.69) is 29.2 Å². The molecule has 6 heteroatoms. The number of aromatic nitrogens is 2. The van der Waals surface area contributed by atoms with Crippen molar-refractivity contribution in [3.63, 3.8) is 0 Å². The van der Waals surface area contributed by atoms with Crippen molar-refractivity contribution in [3.05, 3.63) is 11.3 Å². The highest BCUT2D eigenvalue weighted by atomic mass is 16.1. The molecule has 2 unspecified atom stereocenters. The van der Waals surface area contributed by atoms with Gasteiger partial charge in [0.25, 0.3) is 5.91 Å². The smallest absolute Gasteiger partial charge is 0.254 e. The summed E-state index contributed by atoms with van der Waals surface area (Å²) in [6.07, 6.45) is 2.08. The van der Waals surface area contributed by atoms with Gasteiger partial charge in [-0.3, -0.25) is 9.48 Å². The minimum atomic E-state index is -0.396. The lowest BCUT2D eigenvalue weighted by Crippen LogP contribution is -2.57. The fourth-order valence-electron chi connectivity index (χ4n) is 3.03. The minimum Gasteiger partial charge on any atom is -0.365 e. The average molecular weight is 279 g/mol. The molecule has 0 spiro atoms. The van der Waals surface area contributed by atoms with Gasteiger partial charge in [-0.1, -0.05) is 13.8 Å². The lowest BCUT2D eigenvalue weighted by molar-refractivity contribution is 0.1000. The van der Waals surface area contributed by atoms with Gasteiger partial charge in [-0.2, -0.15) is 5.10 Å². The molecule has 1 aromatic heterocycles. The van der Waals surface area contributed by atoms with Crippen LogP contribution in [-0.4, -0.2) is 40.9 Å². The van der Waals surface area contributed by atoms with Gasteiger partial charge in [-0.15, -0.1) is 0 Å². The van der Waals surface area contributed by atoms with Gasteiger partial charge in [0, 0.05) is 32.2 Å². The second kappa shape index (κ2) is 5.83. The number of hydrogen-bond acceptors (Lipinski definition) is 4. The summed E-state index contributed by atoms with van der Waals surface area (Å²) in [6.45, 7) is 7.99. The highest BCUT2D eigenvalue weighted by Crippen LogP contribution is 2.27. The summed E-state index contributed by atoms with van der Waals surface area (Å²) in [7, 11) is 1.88. The fourth-order valence-corrected chi connectivity index (χ4v) is 3.03. The van der Waals surface area contributed by atoms with Crippen molar-refractivity contribution in [1.29, 1.82) is 0 Å². The largest absolute Gasteiger partial charge is 0.365 e. The van der Waals surface area contributed by atoms with E-state index in [1.54, 1.807) is 4.68 Å². The van der Waals surface area contributed by atoms with Crippen LogP contribution in [0.4, 0.5) is 5.82 Å². The van der Waals surface area contributed by atoms with Crippen molar-refractivity contribution in [2.24, 2.45) is 12.8 Å². The number of piperazine rings is 1. The molecule has 0 aliphatic carbocycles. The molecular formula is C14H25N5O. The van der Waals surface area contributed by atoms with Crippen LogP contribution in [0.15, 0.2) is 0 Å². The number of carbonyl (C=O) groups excluding carboxylic acids is 1. The Morgan fingerprint density at radius 2 is 2.15 bits per heavy atom. The number of nitrogens with zero attached hydrogens (tertiary/aromatic N) is 3.